The fourth-order valence-corrected chi connectivity index (χ4v) is 2.43. The van der Waals surface area contributed by atoms with E-state index >= 15 is 0 Å². The molecular formula is C13H17F2NO4S. The van der Waals surface area contributed by atoms with E-state index in [1.807, 2.05) is 13.8 Å². The highest BCUT2D eigenvalue weighted by molar-refractivity contribution is 7.91. The van der Waals surface area contributed by atoms with Crippen molar-refractivity contribution in [2.45, 2.75) is 30.5 Å². The van der Waals surface area contributed by atoms with Gasteiger partial charge in [-0.1, -0.05) is 0 Å². The van der Waals surface area contributed by atoms with Crippen molar-refractivity contribution in [3.63, 3.8) is 0 Å². The van der Waals surface area contributed by atoms with Crippen LogP contribution < -0.4 is 4.90 Å². The van der Waals surface area contributed by atoms with Gasteiger partial charge in [-0.3, -0.25) is 4.79 Å². The van der Waals surface area contributed by atoms with Crippen molar-refractivity contribution < 1.29 is 26.7 Å². The lowest BCUT2D eigenvalue weighted by Crippen LogP contribution is -2.36. The first kappa shape index (κ1) is 17.4. The molecule has 8 heteroatoms. The molecule has 5 nitrogen and oxygen atoms in total. The van der Waals surface area contributed by atoms with Crippen LogP contribution in [0.3, 0.4) is 0 Å². The van der Waals surface area contributed by atoms with Gasteiger partial charge in [0.15, 0.2) is 0 Å². The number of hydrogen-bond acceptors (Lipinski definition) is 5. The van der Waals surface area contributed by atoms with E-state index < -0.39 is 26.5 Å². The summed E-state index contributed by atoms with van der Waals surface area (Å²) >= 11 is 0. The van der Waals surface area contributed by atoms with E-state index in [9.17, 15) is 22.0 Å². The molecule has 0 N–H and O–H groups in total. The Labute approximate surface area is 122 Å². The van der Waals surface area contributed by atoms with Crippen LogP contribution in [-0.4, -0.2) is 39.8 Å². The summed E-state index contributed by atoms with van der Waals surface area (Å²) < 4.78 is 52.1. The molecule has 0 aliphatic rings. The van der Waals surface area contributed by atoms with Crippen LogP contribution in [0.25, 0.3) is 0 Å². The van der Waals surface area contributed by atoms with E-state index in [4.69, 9.17) is 0 Å². The normalized spacial score (nSPS) is 11.8. The summed E-state index contributed by atoms with van der Waals surface area (Å²) in [5, 5.41) is 0. The third-order valence-corrected chi connectivity index (χ3v) is 4.28. The van der Waals surface area contributed by atoms with Crippen molar-refractivity contribution in [3.8, 4) is 0 Å². The highest BCUT2D eigenvalue weighted by Gasteiger charge is 2.26. The number of carbonyl (C=O) groups is 1. The van der Waals surface area contributed by atoms with E-state index in [1.165, 1.54) is 19.2 Å². The number of sulfone groups is 1. The fourth-order valence-electron chi connectivity index (χ4n) is 1.71. The lowest BCUT2D eigenvalue weighted by atomic mass is 10.2. The number of nitrogens with zero attached hydrogens (tertiary/aromatic N) is 1. The zero-order chi connectivity index (χ0) is 16.2. The first-order valence-corrected chi connectivity index (χ1v) is 7.70. The summed E-state index contributed by atoms with van der Waals surface area (Å²) in [6, 6.07) is 4.92. The van der Waals surface area contributed by atoms with Gasteiger partial charge >= 0.3 is 11.7 Å². The second-order valence-corrected chi connectivity index (χ2v) is 6.52. The average Bonchev–Trinajstić information content (AvgIpc) is 2.44. The number of hydrogen-bond donors (Lipinski definition) is 0. The van der Waals surface area contributed by atoms with Crippen LogP contribution >= 0.6 is 0 Å². The van der Waals surface area contributed by atoms with Crippen LogP contribution in [0.1, 0.15) is 13.8 Å². The van der Waals surface area contributed by atoms with Crippen molar-refractivity contribution in [1.82, 2.24) is 0 Å². The van der Waals surface area contributed by atoms with Crippen molar-refractivity contribution in [2.24, 2.45) is 0 Å². The number of ether oxygens (including phenoxy) is 1. The minimum atomic E-state index is -4.61. The van der Waals surface area contributed by atoms with Gasteiger partial charge in [-0.2, -0.15) is 8.78 Å². The van der Waals surface area contributed by atoms with Crippen LogP contribution in [0.2, 0.25) is 0 Å². The summed E-state index contributed by atoms with van der Waals surface area (Å²) in [5.41, 5.74) is 0.545. The van der Waals surface area contributed by atoms with E-state index in [0.29, 0.717) is 5.69 Å². The number of rotatable bonds is 6. The van der Waals surface area contributed by atoms with Gasteiger partial charge in [0.2, 0.25) is 9.84 Å². The molecule has 0 atom stereocenters. The average molecular weight is 321 g/mol. The Morgan fingerprint density at radius 1 is 1.24 bits per heavy atom. The van der Waals surface area contributed by atoms with E-state index in [2.05, 4.69) is 4.74 Å². The largest absolute Gasteiger partial charge is 0.468 e. The molecule has 0 unspecified atom stereocenters. The van der Waals surface area contributed by atoms with Crippen LogP contribution in [0, 0.1) is 0 Å². The third-order valence-electron chi connectivity index (χ3n) is 2.88. The molecule has 0 amide bonds. The molecule has 0 heterocycles. The summed E-state index contributed by atoms with van der Waals surface area (Å²) in [5.74, 6) is -3.91. The molecule has 0 aliphatic carbocycles. The van der Waals surface area contributed by atoms with Crippen LogP contribution in [0.5, 0.6) is 0 Å². The van der Waals surface area contributed by atoms with Crippen molar-refractivity contribution in [1.29, 1.82) is 0 Å². The maximum absolute atomic E-state index is 12.4. The Morgan fingerprint density at radius 3 is 2.14 bits per heavy atom. The molecule has 118 valence electrons. The Morgan fingerprint density at radius 2 is 1.76 bits per heavy atom. The second kappa shape index (κ2) is 6.84. The fraction of sp³-hybridized carbons (Fsp3) is 0.462. The van der Waals surface area contributed by atoms with Gasteiger partial charge in [-0.15, -0.1) is 0 Å². The molecule has 1 aromatic rings. The monoisotopic (exact) mass is 321 g/mol. The molecular weight excluding hydrogens is 304 g/mol. The lowest BCUT2D eigenvalue weighted by Gasteiger charge is -2.27. The number of carbonyl (C=O) groups excluding carboxylic acids is 1. The summed E-state index contributed by atoms with van der Waals surface area (Å²) in [4.78, 5) is 12.6. The minimum Gasteiger partial charge on any atom is -0.468 e. The smallest absolute Gasteiger partial charge is 0.341 e. The number of benzene rings is 1. The van der Waals surface area contributed by atoms with Gasteiger partial charge in [-0.25, -0.2) is 8.42 Å². The Hall–Kier alpha value is -1.70. The number of anilines is 1. The molecule has 0 bridgehead atoms. The Balaban J connectivity index is 3.07. The van der Waals surface area contributed by atoms with Gasteiger partial charge in [0, 0.05) is 11.7 Å². The molecule has 0 fully saturated rings. The summed E-state index contributed by atoms with van der Waals surface area (Å²) in [7, 11) is -3.35. The quantitative estimate of drug-likeness (QED) is 0.751. The standard InChI is InChI=1S/C13H17F2NO4S/c1-9(2)16(8-12(17)20-3)10-4-6-11(7-5-10)21(18,19)13(14)15/h4-7,9,13H,8H2,1-3H3. The number of esters is 1. The van der Waals surface area contributed by atoms with Gasteiger partial charge < -0.3 is 9.64 Å². The first-order valence-electron chi connectivity index (χ1n) is 6.15. The van der Waals surface area contributed by atoms with E-state index in [0.717, 1.165) is 12.1 Å². The van der Waals surface area contributed by atoms with E-state index in [-0.39, 0.29) is 12.6 Å². The molecule has 21 heavy (non-hydrogen) atoms. The summed E-state index contributed by atoms with van der Waals surface area (Å²) in [6.45, 7) is 3.66. The highest BCUT2D eigenvalue weighted by Crippen LogP contribution is 2.23. The zero-order valence-electron chi connectivity index (χ0n) is 11.9. The van der Waals surface area contributed by atoms with Gasteiger partial charge in [-0.05, 0) is 38.1 Å². The topological polar surface area (TPSA) is 63.7 Å². The van der Waals surface area contributed by atoms with Gasteiger partial charge in [0.05, 0.1) is 12.0 Å². The molecule has 1 aromatic carbocycles. The number of halogens is 2. The lowest BCUT2D eigenvalue weighted by molar-refractivity contribution is -0.139. The SMILES string of the molecule is COC(=O)CN(c1ccc(S(=O)(=O)C(F)F)cc1)C(C)C. The number of alkyl halides is 2. The van der Waals surface area contributed by atoms with Crippen molar-refractivity contribution >= 4 is 21.5 Å². The zero-order valence-corrected chi connectivity index (χ0v) is 12.7. The molecule has 0 aliphatic heterocycles. The first-order chi connectivity index (χ1) is 9.70. The Kier molecular flexibility index (Phi) is 5.65. The molecule has 0 radical (unpaired) electrons. The van der Waals surface area contributed by atoms with E-state index in [1.54, 1.807) is 4.90 Å². The molecule has 0 saturated carbocycles. The predicted molar refractivity (Wildman–Crippen MR) is 74.1 cm³/mol. The van der Waals surface area contributed by atoms with Crippen LogP contribution in [-0.2, 0) is 19.4 Å². The maximum atomic E-state index is 12.4. The molecule has 0 aromatic heterocycles. The number of methoxy groups -OCH3 is 1. The minimum absolute atomic E-state index is 0.0187. The second-order valence-electron chi connectivity index (χ2n) is 4.60. The predicted octanol–water partition coefficient (Wildman–Crippen LogP) is 2.07. The maximum Gasteiger partial charge on any atom is 0.341 e. The van der Waals surface area contributed by atoms with Crippen molar-refractivity contribution in [3.05, 3.63) is 24.3 Å². The molecule has 0 spiro atoms. The Bertz CT molecular complexity index is 585. The third kappa shape index (κ3) is 4.13. The van der Waals surface area contributed by atoms with Crippen LogP contribution in [0.4, 0.5) is 14.5 Å². The van der Waals surface area contributed by atoms with Crippen LogP contribution in [0.15, 0.2) is 29.2 Å². The molecule has 0 saturated heterocycles. The van der Waals surface area contributed by atoms with Crippen molar-refractivity contribution in [2.75, 3.05) is 18.6 Å². The van der Waals surface area contributed by atoms with Gasteiger partial charge in [0.25, 0.3) is 0 Å². The molecule has 1 rings (SSSR count). The summed E-state index contributed by atoms with van der Waals surface area (Å²) in [6.07, 6.45) is 0. The van der Waals surface area contributed by atoms with Gasteiger partial charge in [0.1, 0.15) is 6.54 Å². The highest BCUT2D eigenvalue weighted by atomic mass is 32.2.